The summed E-state index contributed by atoms with van der Waals surface area (Å²) in [5, 5.41) is 13.5. The van der Waals surface area contributed by atoms with Gasteiger partial charge in [0.05, 0.1) is 19.1 Å². The fourth-order valence-electron chi connectivity index (χ4n) is 1.92. The second kappa shape index (κ2) is 9.16. The standard InChI is InChI=1S/C14H20N2O5S/c1-10(17)15-11(12-4-3-7-22-12)8-13(18)16(5-6-21-2)9-14(19)20/h3-4,7,11H,5-6,8-9H2,1-2H3,(H,15,17)(H,19,20). The molecule has 0 aliphatic carbocycles. The highest BCUT2D eigenvalue weighted by molar-refractivity contribution is 7.10. The van der Waals surface area contributed by atoms with E-state index in [1.807, 2.05) is 17.5 Å². The van der Waals surface area contributed by atoms with Crippen molar-refractivity contribution in [2.45, 2.75) is 19.4 Å². The Bertz CT molecular complexity index is 503. The number of rotatable bonds is 9. The largest absolute Gasteiger partial charge is 0.480 e. The summed E-state index contributed by atoms with van der Waals surface area (Å²) >= 11 is 1.43. The molecule has 0 aliphatic rings. The molecule has 7 nitrogen and oxygen atoms in total. The summed E-state index contributed by atoms with van der Waals surface area (Å²) in [6.07, 6.45) is 0.0110. The van der Waals surface area contributed by atoms with Crippen LogP contribution in [0.4, 0.5) is 0 Å². The van der Waals surface area contributed by atoms with E-state index in [0.717, 1.165) is 4.88 Å². The molecule has 1 unspecified atom stereocenters. The van der Waals surface area contributed by atoms with E-state index in [4.69, 9.17) is 9.84 Å². The number of thiophene rings is 1. The minimum Gasteiger partial charge on any atom is -0.480 e. The van der Waals surface area contributed by atoms with Gasteiger partial charge in [-0.1, -0.05) is 6.07 Å². The van der Waals surface area contributed by atoms with Crippen LogP contribution in [0.5, 0.6) is 0 Å². The van der Waals surface area contributed by atoms with Gasteiger partial charge in [-0.3, -0.25) is 14.4 Å². The molecule has 0 spiro atoms. The van der Waals surface area contributed by atoms with Crippen molar-refractivity contribution in [1.29, 1.82) is 0 Å². The van der Waals surface area contributed by atoms with Crippen molar-refractivity contribution in [3.05, 3.63) is 22.4 Å². The summed E-state index contributed by atoms with van der Waals surface area (Å²) in [7, 11) is 1.48. The van der Waals surface area contributed by atoms with Gasteiger partial charge in [0.2, 0.25) is 11.8 Å². The van der Waals surface area contributed by atoms with E-state index < -0.39 is 12.0 Å². The topological polar surface area (TPSA) is 95.9 Å². The zero-order valence-electron chi connectivity index (χ0n) is 12.6. The molecular formula is C14H20N2O5S. The van der Waals surface area contributed by atoms with E-state index in [-0.39, 0.29) is 37.9 Å². The van der Waals surface area contributed by atoms with Crippen LogP contribution in [0.15, 0.2) is 17.5 Å². The lowest BCUT2D eigenvalue weighted by atomic mass is 10.1. The number of hydrogen-bond donors (Lipinski definition) is 2. The van der Waals surface area contributed by atoms with E-state index in [1.54, 1.807) is 0 Å². The van der Waals surface area contributed by atoms with Crippen LogP contribution in [-0.4, -0.2) is 54.6 Å². The summed E-state index contributed by atoms with van der Waals surface area (Å²) in [5.74, 6) is -1.67. The van der Waals surface area contributed by atoms with Gasteiger partial charge in [0.25, 0.3) is 0 Å². The van der Waals surface area contributed by atoms with E-state index in [9.17, 15) is 14.4 Å². The number of nitrogens with zero attached hydrogens (tertiary/aromatic N) is 1. The Morgan fingerprint density at radius 2 is 2.18 bits per heavy atom. The maximum atomic E-state index is 12.3. The van der Waals surface area contributed by atoms with Crippen LogP contribution in [0.1, 0.15) is 24.3 Å². The molecule has 1 atom stereocenters. The summed E-state index contributed by atoms with van der Waals surface area (Å²) in [6, 6.07) is 3.21. The third-order valence-corrected chi connectivity index (χ3v) is 3.87. The number of carbonyl (C=O) groups excluding carboxylic acids is 2. The summed E-state index contributed by atoms with van der Waals surface area (Å²) < 4.78 is 4.89. The molecule has 8 heteroatoms. The molecule has 1 aromatic heterocycles. The van der Waals surface area contributed by atoms with Gasteiger partial charge >= 0.3 is 5.97 Å². The lowest BCUT2D eigenvalue weighted by Gasteiger charge is -2.23. The molecule has 0 saturated heterocycles. The van der Waals surface area contributed by atoms with Crippen LogP contribution < -0.4 is 5.32 Å². The van der Waals surface area contributed by atoms with Crippen LogP contribution in [0, 0.1) is 0 Å². The predicted octanol–water partition coefficient (Wildman–Crippen LogP) is 0.875. The highest BCUT2D eigenvalue weighted by Gasteiger charge is 2.23. The molecule has 1 rings (SSSR count). The second-order valence-electron chi connectivity index (χ2n) is 4.67. The van der Waals surface area contributed by atoms with Crippen LogP contribution in [-0.2, 0) is 19.1 Å². The lowest BCUT2D eigenvalue weighted by molar-refractivity contribution is -0.145. The Balaban J connectivity index is 2.77. The lowest BCUT2D eigenvalue weighted by Crippen LogP contribution is -2.40. The molecule has 0 saturated carbocycles. The van der Waals surface area contributed by atoms with Gasteiger partial charge in [0, 0.05) is 25.5 Å². The van der Waals surface area contributed by atoms with Gasteiger partial charge in [0.15, 0.2) is 0 Å². The van der Waals surface area contributed by atoms with Crippen molar-refractivity contribution < 1.29 is 24.2 Å². The molecule has 0 radical (unpaired) electrons. The number of ether oxygens (including phenoxy) is 1. The van der Waals surface area contributed by atoms with Gasteiger partial charge in [-0.05, 0) is 11.4 Å². The van der Waals surface area contributed by atoms with Crippen molar-refractivity contribution in [1.82, 2.24) is 10.2 Å². The second-order valence-corrected chi connectivity index (χ2v) is 5.65. The third-order valence-electron chi connectivity index (χ3n) is 2.89. The molecule has 22 heavy (non-hydrogen) atoms. The van der Waals surface area contributed by atoms with E-state index in [2.05, 4.69) is 5.32 Å². The Hall–Kier alpha value is -1.93. The quantitative estimate of drug-likeness (QED) is 0.701. The number of carbonyl (C=O) groups is 3. The SMILES string of the molecule is COCCN(CC(=O)O)C(=O)CC(NC(C)=O)c1cccs1. The minimum atomic E-state index is -1.09. The summed E-state index contributed by atoms with van der Waals surface area (Å²) in [6.45, 7) is 1.44. The average molecular weight is 328 g/mol. The number of amides is 2. The first-order valence-electron chi connectivity index (χ1n) is 6.73. The molecule has 0 fully saturated rings. The van der Waals surface area contributed by atoms with E-state index in [1.165, 1.54) is 30.3 Å². The number of carboxylic acids is 1. The van der Waals surface area contributed by atoms with E-state index in [0.29, 0.717) is 0 Å². The molecule has 122 valence electrons. The first-order valence-corrected chi connectivity index (χ1v) is 7.61. The van der Waals surface area contributed by atoms with Crippen LogP contribution in [0.2, 0.25) is 0 Å². The van der Waals surface area contributed by atoms with Gasteiger partial charge in [-0.25, -0.2) is 0 Å². The number of hydrogen-bond acceptors (Lipinski definition) is 5. The van der Waals surface area contributed by atoms with Crippen molar-refractivity contribution in [3.8, 4) is 0 Å². The normalized spacial score (nSPS) is 11.7. The van der Waals surface area contributed by atoms with Gasteiger partial charge in [-0.2, -0.15) is 0 Å². The Morgan fingerprint density at radius 1 is 1.45 bits per heavy atom. The van der Waals surface area contributed by atoms with Gasteiger partial charge in [0.1, 0.15) is 6.54 Å². The number of nitrogens with one attached hydrogen (secondary N) is 1. The first kappa shape index (κ1) is 18.1. The Morgan fingerprint density at radius 3 is 2.68 bits per heavy atom. The van der Waals surface area contributed by atoms with Crippen molar-refractivity contribution >= 4 is 29.1 Å². The molecule has 0 aliphatic heterocycles. The molecule has 1 aromatic rings. The van der Waals surface area contributed by atoms with Crippen LogP contribution in [0.25, 0.3) is 0 Å². The highest BCUT2D eigenvalue weighted by atomic mass is 32.1. The van der Waals surface area contributed by atoms with Crippen LogP contribution >= 0.6 is 11.3 Å². The summed E-state index contributed by atoms with van der Waals surface area (Å²) in [5.41, 5.74) is 0. The number of carboxylic acid groups (broad SMARTS) is 1. The number of aliphatic carboxylic acids is 1. The Labute approximate surface area is 132 Å². The zero-order chi connectivity index (χ0) is 16.5. The molecule has 1 heterocycles. The Kier molecular flexibility index (Phi) is 7.55. The molecule has 2 amide bonds. The highest BCUT2D eigenvalue weighted by Crippen LogP contribution is 2.22. The molecule has 2 N–H and O–H groups in total. The van der Waals surface area contributed by atoms with Crippen molar-refractivity contribution in [2.24, 2.45) is 0 Å². The van der Waals surface area contributed by atoms with E-state index >= 15 is 0 Å². The monoisotopic (exact) mass is 328 g/mol. The molecular weight excluding hydrogens is 308 g/mol. The third kappa shape index (κ3) is 6.23. The predicted molar refractivity (Wildman–Crippen MR) is 81.6 cm³/mol. The van der Waals surface area contributed by atoms with Crippen molar-refractivity contribution in [3.63, 3.8) is 0 Å². The van der Waals surface area contributed by atoms with Crippen molar-refractivity contribution in [2.75, 3.05) is 26.8 Å². The zero-order valence-corrected chi connectivity index (χ0v) is 13.4. The minimum absolute atomic E-state index is 0.0110. The smallest absolute Gasteiger partial charge is 0.323 e. The average Bonchev–Trinajstić information content (AvgIpc) is 2.95. The van der Waals surface area contributed by atoms with Gasteiger partial charge < -0.3 is 20.1 Å². The van der Waals surface area contributed by atoms with Gasteiger partial charge in [-0.15, -0.1) is 11.3 Å². The fraction of sp³-hybridized carbons (Fsp3) is 0.500. The maximum Gasteiger partial charge on any atom is 0.323 e. The summed E-state index contributed by atoms with van der Waals surface area (Å²) in [4.78, 5) is 36.6. The molecule has 0 aromatic carbocycles. The number of methoxy groups -OCH3 is 1. The van der Waals surface area contributed by atoms with Crippen LogP contribution in [0.3, 0.4) is 0 Å². The first-order chi connectivity index (χ1) is 10.4. The molecule has 0 bridgehead atoms. The fourth-order valence-corrected chi connectivity index (χ4v) is 2.70. The maximum absolute atomic E-state index is 12.3.